The Kier molecular flexibility index (Phi) is 20.8. The molecule has 1 fully saturated rings. The first-order chi connectivity index (χ1) is 19.8. The lowest BCUT2D eigenvalue weighted by molar-refractivity contribution is -0.133. The van der Waals surface area contributed by atoms with Crippen LogP contribution in [-0.2, 0) is 19.2 Å². The maximum atomic E-state index is 13.4. The van der Waals surface area contributed by atoms with Gasteiger partial charge >= 0.3 is 0 Å². The first-order valence-corrected chi connectivity index (χ1v) is 15.5. The molecule has 4 unspecified atom stereocenters. The van der Waals surface area contributed by atoms with Crippen LogP contribution in [0.4, 0.5) is 0 Å². The molecule has 41 heavy (non-hydrogen) atoms. The van der Waals surface area contributed by atoms with Crippen molar-refractivity contribution in [3.63, 3.8) is 0 Å². The Balaban J connectivity index is 2.72. The second-order valence-corrected chi connectivity index (χ2v) is 10.8. The summed E-state index contributed by atoms with van der Waals surface area (Å²) < 4.78 is 0. The minimum Gasteiger partial charge on any atom is -0.356 e. The predicted molar refractivity (Wildman–Crippen MR) is 161 cm³/mol. The molecule has 0 bridgehead atoms. The highest BCUT2D eigenvalue weighted by Crippen LogP contribution is 2.09. The molecule has 0 radical (unpaired) electrons. The maximum Gasteiger partial charge on any atom is 0.243 e. The molecular formula is C28H57N9O4. The van der Waals surface area contributed by atoms with Crippen LogP contribution in [0.3, 0.4) is 0 Å². The van der Waals surface area contributed by atoms with Crippen molar-refractivity contribution in [1.29, 1.82) is 0 Å². The van der Waals surface area contributed by atoms with Gasteiger partial charge < -0.3 is 38.5 Å². The first kappa shape index (κ1) is 36.7. The van der Waals surface area contributed by atoms with E-state index >= 15 is 0 Å². The van der Waals surface area contributed by atoms with Crippen LogP contribution in [-0.4, -0.2) is 87.2 Å². The molecule has 0 aromatic rings. The van der Waals surface area contributed by atoms with E-state index in [1.165, 1.54) is 6.92 Å². The summed E-state index contributed by atoms with van der Waals surface area (Å²) in [4.78, 5) is 50.6. The lowest BCUT2D eigenvalue weighted by atomic mass is 10.0. The third-order valence-corrected chi connectivity index (χ3v) is 7.01. The van der Waals surface area contributed by atoms with E-state index in [9.17, 15) is 19.2 Å². The van der Waals surface area contributed by atoms with Gasteiger partial charge in [-0.3, -0.25) is 29.8 Å². The Morgan fingerprint density at radius 3 is 1.54 bits per heavy atom. The average molecular weight is 584 g/mol. The van der Waals surface area contributed by atoms with Crippen molar-refractivity contribution < 1.29 is 19.2 Å². The van der Waals surface area contributed by atoms with Crippen LogP contribution in [0, 0.1) is 0 Å². The molecule has 0 saturated carbocycles. The monoisotopic (exact) mass is 583 g/mol. The van der Waals surface area contributed by atoms with E-state index in [0.29, 0.717) is 64.8 Å². The second-order valence-electron chi connectivity index (χ2n) is 10.8. The highest BCUT2D eigenvalue weighted by atomic mass is 16.2. The SMILES string of the molecule is CC(=O)NCCCCCCNC(=O)C(CCCCN)NC(=O)C(CCCCN)NC(=O)C(CCCCN)NC1CN1. The number of nitrogens with two attached hydrogens (primary N) is 3. The summed E-state index contributed by atoms with van der Waals surface area (Å²) in [5, 5.41) is 18.0. The Bertz CT molecular complexity index is 752. The normalized spacial score (nSPS) is 16.3. The molecule has 0 aromatic carbocycles. The van der Waals surface area contributed by atoms with Gasteiger partial charge in [0.15, 0.2) is 0 Å². The van der Waals surface area contributed by atoms with Gasteiger partial charge in [0.1, 0.15) is 12.1 Å². The van der Waals surface area contributed by atoms with Crippen molar-refractivity contribution in [3.05, 3.63) is 0 Å². The average Bonchev–Trinajstić information content (AvgIpc) is 3.77. The number of hydrogen-bond acceptors (Lipinski definition) is 9. The third-order valence-electron chi connectivity index (χ3n) is 7.01. The van der Waals surface area contributed by atoms with Crippen LogP contribution >= 0.6 is 0 Å². The molecule has 4 atom stereocenters. The quantitative estimate of drug-likeness (QED) is 0.0450. The maximum absolute atomic E-state index is 13.4. The minimum atomic E-state index is -0.770. The topological polar surface area (TPSA) is 228 Å². The summed E-state index contributed by atoms with van der Waals surface area (Å²) in [6.45, 7) is 5.03. The minimum absolute atomic E-state index is 0.0317. The summed E-state index contributed by atoms with van der Waals surface area (Å²) in [6, 6.07) is -1.92. The fraction of sp³-hybridized carbons (Fsp3) is 0.857. The van der Waals surface area contributed by atoms with Crippen molar-refractivity contribution in [3.8, 4) is 0 Å². The zero-order chi connectivity index (χ0) is 30.3. The van der Waals surface area contributed by atoms with E-state index in [-0.39, 0.29) is 29.8 Å². The van der Waals surface area contributed by atoms with Crippen molar-refractivity contribution in [2.24, 2.45) is 17.2 Å². The Labute approximate surface area is 246 Å². The lowest BCUT2D eigenvalue weighted by Gasteiger charge is -2.25. The van der Waals surface area contributed by atoms with E-state index in [1.807, 2.05) is 0 Å². The van der Waals surface area contributed by atoms with Crippen LogP contribution in [0.2, 0.25) is 0 Å². The molecular weight excluding hydrogens is 526 g/mol. The van der Waals surface area contributed by atoms with Crippen molar-refractivity contribution >= 4 is 23.6 Å². The summed E-state index contributed by atoms with van der Waals surface area (Å²) in [5.41, 5.74) is 17.0. The summed E-state index contributed by atoms with van der Waals surface area (Å²) in [6.07, 6.45) is 9.67. The Morgan fingerprint density at radius 1 is 0.634 bits per heavy atom. The van der Waals surface area contributed by atoms with Crippen LogP contribution in [0.1, 0.15) is 90.4 Å². The van der Waals surface area contributed by atoms with Crippen LogP contribution in [0.25, 0.3) is 0 Å². The van der Waals surface area contributed by atoms with Gasteiger partial charge in [0.05, 0.1) is 12.2 Å². The highest BCUT2D eigenvalue weighted by Gasteiger charge is 2.31. The molecule has 13 nitrogen and oxygen atoms in total. The predicted octanol–water partition coefficient (Wildman–Crippen LogP) is -0.957. The molecule has 13 heteroatoms. The van der Waals surface area contributed by atoms with Gasteiger partial charge in [-0.05, 0) is 83.8 Å². The molecule has 4 amide bonds. The lowest BCUT2D eigenvalue weighted by Crippen LogP contribution is -2.56. The third kappa shape index (κ3) is 18.7. The first-order valence-electron chi connectivity index (χ1n) is 15.5. The van der Waals surface area contributed by atoms with Crippen molar-refractivity contribution in [2.45, 2.75) is 115 Å². The number of nitrogens with one attached hydrogen (secondary N) is 6. The molecule has 12 N–H and O–H groups in total. The van der Waals surface area contributed by atoms with Gasteiger partial charge in [-0.1, -0.05) is 19.3 Å². The molecule has 1 aliphatic rings. The number of unbranched alkanes of at least 4 members (excludes halogenated alkanes) is 6. The van der Waals surface area contributed by atoms with E-state index in [1.54, 1.807) is 0 Å². The van der Waals surface area contributed by atoms with E-state index < -0.39 is 18.1 Å². The number of amides is 4. The van der Waals surface area contributed by atoms with Gasteiger partial charge in [-0.2, -0.15) is 0 Å². The second kappa shape index (κ2) is 23.3. The molecule has 1 heterocycles. The summed E-state index contributed by atoms with van der Waals surface area (Å²) >= 11 is 0. The highest BCUT2D eigenvalue weighted by molar-refractivity contribution is 5.93. The molecule has 238 valence electrons. The number of carbonyl (C=O) groups excluding carboxylic acids is 4. The smallest absolute Gasteiger partial charge is 0.243 e. The zero-order valence-electron chi connectivity index (χ0n) is 25.1. The van der Waals surface area contributed by atoms with Crippen molar-refractivity contribution in [1.82, 2.24) is 31.9 Å². The van der Waals surface area contributed by atoms with Gasteiger partial charge in [0, 0.05) is 26.6 Å². The van der Waals surface area contributed by atoms with Crippen LogP contribution < -0.4 is 49.1 Å². The fourth-order valence-electron chi connectivity index (χ4n) is 4.47. The molecule has 0 aliphatic carbocycles. The summed E-state index contributed by atoms with van der Waals surface area (Å²) in [5.74, 6) is -0.865. The number of carbonyl (C=O) groups is 4. The van der Waals surface area contributed by atoms with Gasteiger partial charge in [-0.15, -0.1) is 0 Å². The van der Waals surface area contributed by atoms with E-state index in [4.69, 9.17) is 17.2 Å². The molecule has 1 aliphatic heterocycles. The Morgan fingerprint density at radius 2 is 1.07 bits per heavy atom. The Hall–Kier alpha value is -2.32. The fourth-order valence-corrected chi connectivity index (χ4v) is 4.47. The standard InChI is InChI=1S/C28H57N9O4/c1-21(38)32-18-10-2-3-11-19-33-26(39)22(12-4-7-15-29)36-28(41)24(14-6-9-17-31)37-27(40)23(13-5-8-16-30)35-25-20-34-25/h22-25,34-35H,2-20,29-31H2,1H3,(H,32,38)(H,33,39)(H,36,41)(H,37,40). The van der Waals surface area contributed by atoms with E-state index in [2.05, 4.69) is 31.9 Å². The largest absolute Gasteiger partial charge is 0.356 e. The zero-order valence-corrected chi connectivity index (χ0v) is 25.1. The van der Waals surface area contributed by atoms with Gasteiger partial charge in [0.25, 0.3) is 0 Å². The van der Waals surface area contributed by atoms with Crippen molar-refractivity contribution in [2.75, 3.05) is 39.3 Å². The molecule has 1 saturated heterocycles. The number of rotatable bonds is 26. The number of hydrogen-bond donors (Lipinski definition) is 9. The van der Waals surface area contributed by atoms with Crippen LogP contribution in [0.5, 0.6) is 0 Å². The van der Waals surface area contributed by atoms with Crippen LogP contribution in [0.15, 0.2) is 0 Å². The van der Waals surface area contributed by atoms with Gasteiger partial charge in [-0.25, -0.2) is 0 Å². The molecule has 1 rings (SSSR count). The molecule has 0 spiro atoms. The molecule has 0 aromatic heterocycles. The van der Waals surface area contributed by atoms with E-state index in [0.717, 1.165) is 57.9 Å². The summed E-state index contributed by atoms with van der Waals surface area (Å²) in [7, 11) is 0. The van der Waals surface area contributed by atoms with Gasteiger partial charge in [0.2, 0.25) is 23.6 Å².